The topological polar surface area (TPSA) is 20.2 Å². The molecule has 0 spiro atoms. The van der Waals surface area contributed by atoms with E-state index in [0.29, 0.717) is 5.56 Å². The van der Waals surface area contributed by atoms with Gasteiger partial charge in [-0.25, -0.2) is 4.39 Å². The van der Waals surface area contributed by atoms with Crippen LogP contribution in [0.3, 0.4) is 0 Å². The maximum absolute atomic E-state index is 13.3. The van der Waals surface area contributed by atoms with E-state index in [1.807, 2.05) is 18.2 Å². The minimum absolute atomic E-state index is 0.175. The summed E-state index contributed by atoms with van der Waals surface area (Å²) in [7, 11) is 0. The summed E-state index contributed by atoms with van der Waals surface area (Å²) in [6.45, 7) is 1.73. The summed E-state index contributed by atoms with van der Waals surface area (Å²) in [5.74, 6) is -0.222. The zero-order chi connectivity index (χ0) is 13.5. The van der Waals surface area contributed by atoms with Gasteiger partial charge in [0.2, 0.25) is 0 Å². The molecule has 0 amide bonds. The van der Waals surface area contributed by atoms with Gasteiger partial charge in [-0.1, -0.05) is 42.5 Å². The van der Waals surface area contributed by atoms with Crippen LogP contribution in [0, 0.1) is 12.7 Å². The van der Waals surface area contributed by atoms with Crippen molar-refractivity contribution in [1.82, 2.24) is 0 Å². The summed E-state index contributed by atoms with van der Waals surface area (Å²) >= 11 is 0. The van der Waals surface area contributed by atoms with Crippen LogP contribution in [0.2, 0.25) is 0 Å². The average molecular weight is 256 g/mol. The third kappa shape index (κ3) is 2.06. The number of aliphatic hydroxyl groups excluding tert-OH is 1. The normalized spacial score (nSPS) is 18.1. The van der Waals surface area contributed by atoms with Crippen LogP contribution in [0.1, 0.15) is 35.6 Å². The molecule has 2 aromatic rings. The number of halogens is 1. The summed E-state index contributed by atoms with van der Waals surface area (Å²) < 4.78 is 13.3. The molecule has 1 saturated carbocycles. The maximum Gasteiger partial charge on any atom is 0.126 e. The first-order chi connectivity index (χ1) is 9.13. The lowest BCUT2D eigenvalue weighted by atomic mass is 9.85. The van der Waals surface area contributed by atoms with Crippen molar-refractivity contribution < 1.29 is 9.50 Å². The predicted molar refractivity (Wildman–Crippen MR) is 73.5 cm³/mol. The Balaban J connectivity index is 1.96. The molecule has 98 valence electrons. The lowest BCUT2D eigenvalue weighted by Crippen LogP contribution is -2.18. The SMILES string of the molecule is Cc1cc(C(O)C2(c3ccccc3)CC2)ccc1F. The van der Waals surface area contributed by atoms with E-state index in [0.717, 1.165) is 18.4 Å². The summed E-state index contributed by atoms with van der Waals surface area (Å²) in [5.41, 5.74) is 2.39. The highest BCUT2D eigenvalue weighted by Gasteiger charge is 2.50. The smallest absolute Gasteiger partial charge is 0.126 e. The molecule has 0 aromatic heterocycles. The van der Waals surface area contributed by atoms with Gasteiger partial charge in [0.05, 0.1) is 6.10 Å². The maximum atomic E-state index is 13.3. The molecule has 1 aliphatic rings. The van der Waals surface area contributed by atoms with Gasteiger partial charge in [-0.3, -0.25) is 0 Å². The van der Waals surface area contributed by atoms with Crippen LogP contribution in [0.4, 0.5) is 4.39 Å². The van der Waals surface area contributed by atoms with Gasteiger partial charge in [-0.05, 0) is 42.5 Å². The standard InChI is InChI=1S/C17H17FO/c1-12-11-13(7-8-15(12)18)16(19)17(9-10-17)14-5-3-2-4-6-14/h2-8,11,16,19H,9-10H2,1H3. The third-order valence-corrected chi connectivity index (χ3v) is 4.16. The molecule has 3 rings (SSSR count). The van der Waals surface area contributed by atoms with Crippen LogP contribution in [-0.2, 0) is 5.41 Å². The van der Waals surface area contributed by atoms with E-state index in [9.17, 15) is 9.50 Å². The quantitative estimate of drug-likeness (QED) is 0.883. The van der Waals surface area contributed by atoms with Crippen LogP contribution in [-0.4, -0.2) is 5.11 Å². The molecule has 19 heavy (non-hydrogen) atoms. The van der Waals surface area contributed by atoms with Gasteiger partial charge in [0.1, 0.15) is 5.82 Å². The molecule has 1 aliphatic carbocycles. The number of rotatable bonds is 3. The first-order valence-electron chi connectivity index (χ1n) is 6.63. The first kappa shape index (κ1) is 12.4. The van der Waals surface area contributed by atoms with Crippen LogP contribution < -0.4 is 0 Å². The fraction of sp³-hybridized carbons (Fsp3) is 0.294. The van der Waals surface area contributed by atoms with E-state index < -0.39 is 6.10 Å². The van der Waals surface area contributed by atoms with Crippen molar-refractivity contribution in [2.24, 2.45) is 0 Å². The molecule has 1 unspecified atom stereocenters. The molecule has 0 aliphatic heterocycles. The molecule has 0 bridgehead atoms. The summed E-state index contributed by atoms with van der Waals surface area (Å²) in [4.78, 5) is 0. The van der Waals surface area contributed by atoms with Gasteiger partial charge >= 0.3 is 0 Å². The van der Waals surface area contributed by atoms with Crippen LogP contribution >= 0.6 is 0 Å². The van der Waals surface area contributed by atoms with Gasteiger partial charge in [-0.2, -0.15) is 0 Å². The molecular formula is C17H17FO. The van der Waals surface area contributed by atoms with Crippen molar-refractivity contribution in [3.63, 3.8) is 0 Å². The number of hydrogen-bond acceptors (Lipinski definition) is 1. The molecule has 1 N–H and O–H groups in total. The molecule has 0 heterocycles. The average Bonchev–Trinajstić information content (AvgIpc) is 3.24. The van der Waals surface area contributed by atoms with Gasteiger partial charge in [0.25, 0.3) is 0 Å². The fourth-order valence-electron chi connectivity index (χ4n) is 2.78. The number of hydrogen-bond donors (Lipinski definition) is 1. The first-order valence-corrected chi connectivity index (χ1v) is 6.63. The van der Waals surface area contributed by atoms with E-state index in [1.54, 1.807) is 19.1 Å². The third-order valence-electron chi connectivity index (χ3n) is 4.16. The van der Waals surface area contributed by atoms with Crippen molar-refractivity contribution in [1.29, 1.82) is 0 Å². The number of aryl methyl sites for hydroxylation is 1. The summed E-state index contributed by atoms with van der Waals surface area (Å²) in [5, 5.41) is 10.7. The van der Waals surface area contributed by atoms with Crippen molar-refractivity contribution in [3.05, 3.63) is 71.0 Å². The van der Waals surface area contributed by atoms with Gasteiger partial charge in [-0.15, -0.1) is 0 Å². The van der Waals surface area contributed by atoms with E-state index in [1.165, 1.54) is 11.6 Å². The van der Waals surface area contributed by atoms with Gasteiger partial charge in [0.15, 0.2) is 0 Å². The summed E-state index contributed by atoms with van der Waals surface area (Å²) in [6, 6.07) is 15.0. The lowest BCUT2D eigenvalue weighted by Gasteiger charge is -2.23. The molecule has 1 nitrogen and oxygen atoms in total. The number of benzene rings is 2. The Kier molecular flexibility index (Phi) is 2.90. The molecule has 1 fully saturated rings. The van der Waals surface area contributed by atoms with E-state index in [2.05, 4.69) is 12.1 Å². The molecular weight excluding hydrogens is 239 g/mol. The van der Waals surface area contributed by atoms with Gasteiger partial charge < -0.3 is 5.11 Å². The highest BCUT2D eigenvalue weighted by Crippen LogP contribution is 2.56. The monoisotopic (exact) mass is 256 g/mol. The zero-order valence-corrected chi connectivity index (χ0v) is 10.9. The van der Waals surface area contributed by atoms with E-state index in [4.69, 9.17) is 0 Å². The second-order valence-electron chi connectivity index (χ2n) is 5.43. The second-order valence-corrected chi connectivity index (χ2v) is 5.43. The Bertz CT molecular complexity index is 587. The second kappa shape index (κ2) is 4.46. The summed E-state index contributed by atoms with van der Waals surface area (Å²) in [6.07, 6.45) is 1.40. The lowest BCUT2D eigenvalue weighted by molar-refractivity contribution is 0.133. The van der Waals surface area contributed by atoms with Crippen LogP contribution in [0.5, 0.6) is 0 Å². The Labute approximate surface area is 112 Å². The van der Waals surface area contributed by atoms with Crippen molar-refractivity contribution in [3.8, 4) is 0 Å². The molecule has 1 atom stereocenters. The van der Waals surface area contributed by atoms with Crippen LogP contribution in [0.25, 0.3) is 0 Å². The van der Waals surface area contributed by atoms with Crippen molar-refractivity contribution in [2.75, 3.05) is 0 Å². The van der Waals surface area contributed by atoms with Gasteiger partial charge in [0, 0.05) is 5.41 Å². The Morgan fingerprint density at radius 1 is 1.11 bits per heavy atom. The molecule has 2 aromatic carbocycles. The van der Waals surface area contributed by atoms with E-state index in [-0.39, 0.29) is 11.2 Å². The Morgan fingerprint density at radius 3 is 2.37 bits per heavy atom. The number of aliphatic hydroxyl groups is 1. The zero-order valence-electron chi connectivity index (χ0n) is 10.9. The van der Waals surface area contributed by atoms with Crippen LogP contribution in [0.15, 0.2) is 48.5 Å². The molecule has 2 heteroatoms. The Morgan fingerprint density at radius 2 is 1.79 bits per heavy atom. The molecule has 0 radical (unpaired) electrons. The minimum atomic E-state index is -0.561. The highest BCUT2D eigenvalue weighted by molar-refractivity contribution is 5.38. The minimum Gasteiger partial charge on any atom is -0.387 e. The van der Waals surface area contributed by atoms with Crippen molar-refractivity contribution in [2.45, 2.75) is 31.3 Å². The molecule has 0 saturated heterocycles. The predicted octanol–water partition coefficient (Wildman–Crippen LogP) is 3.90. The Hall–Kier alpha value is -1.67. The largest absolute Gasteiger partial charge is 0.387 e. The fourth-order valence-corrected chi connectivity index (χ4v) is 2.78. The van der Waals surface area contributed by atoms with Crippen molar-refractivity contribution >= 4 is 0 Å². The highest BCUT2D eigenvalue weighted by atomic mass is 19.1. The van der Waals surface area contributed by atoms with E-state index >= 15 is 0 Å².